The number of carbonyl (C=O) groups is 1. The average Bonchev–Trinajstić information content (AvgIpc) is 3.04. The van der Waals surface area contributed by atoms with Gasteiger partial charge in [0.25, 0.3) is 0 Å². The van der Waals surface area contributed by atoms with E-state index in [1.54, 1.807) is 18.4 Å². The van der Waals surface area contributed by atoms with Crippen molar-refractivity contribution < 1.29 is 4.79 Å². The van der Waals surface area contributed by atoms with Gasteiger partial charge < -0.3 is 10.6 Å². The van der Waals surface area contributed by atoms with Gasteiger partial charge in [-0.1, -0.05) is 18.3 Å². The van der Waals surface area contributed by atoms with Gasteiger partial charge in [0, 0.05) is 20.1 Å². The third-order valence-electron chi connectivity index (χ3n) is 3.68. The standard InChI is InChI=1S/C13H23N5OS/c1-4-6-15-12-17-16-10(20-12)8-18-7-5-13(2,9-18)11(19)14-3/h4-9H2,1-3H3,(H,14,19)(H,15,17). The Bertz CT molecular complexity index is 463. The van der Waals surface area contributed by atoms with E-state index in [1.165, 1.54) is 0 Å². The molecule has 112 valence electrons. The minimum atomic E-state index is -0.275. The van der Waals surface area contributed by atoms with Gasteiger partial charge in [-0.2, -0.15) is 0 Å². The molecule has 0 aliphatic carbocycles. The molecule has 1 aromatic rings. The Morgan fingerprint density at radius 1 is 1.50 bits per heavy atom. The molecule has 2 rings (SSSR count). The first kappa shape index (κ1) is 15.2. The van der Waals surface area contributed by atoms with Crippen LogP contribution in [0.1, 0.15) is 31.7 Å². The zero-order chi connectivity index (χ0) is 14.6. The minimum absolute atomic E-state index is 0.127. The third kappa shape index (κ3) is 3.46. The summed E-state index contributed by atoms with van der Waals surface area (Å²) in [4.78, 5) is 14.2. The summed E-state index contributed by atoms with van der Waals surface area (Å²) >= 11 is 1.60. The lowest BCUT2D eigenvalue weighted by Crippen LogP contribution is -2.39. The summed E-state index contributed by atoms with van der Waals surface area (Å²) in [7, 11) is 1.70. The van der Waals surface area contributed by atoms with Gasteiger partial charge in [-0.25, -0.2) is 0 Å². The van der Waals surface area contributed by atoms with Crippen LogP contribution in [0, 0.1) is 5.41 Å². The fourth-order valence-electron chi connectivity index (χ4n) is 2.49. The van der Waals surface area contributed by atoms with E-state index in [0.29, 0.717) is 0 Å². The highest BCUT2D eigenvalue weighted by atomic mass is 32.1. The van der Waals surface area contributed by atoms with E-state index in [2.05, 4.69) is 32.7 Å². The van der Waals surface area contributed by atoms with Gasteiger partial charge in [0.2, 0.25) is 11.0 Å². The summed E-state index contributed by atoms with van der Waals surface area (Å²) in [5.41, 5.74) is -0.275. The van der Waals surface area contributed by atoms with Gasteiger partial charge in [-0.3, -0.25) is 9.69 Å². The first-order valence-corrected chi connectivity index (χ1v) is 7.90. The lowest BCUT2D eigenvalue weighted by atomic mass is 9.89. The summed E-state index contributed by atoms with van der Waals surface area (Å²) in [6.45, 7) is 7.56. The lowest BCUT2D eigenvalue weighted by molar-refractivity contribution is -0.129. The Morgan fingerprint density at radius 3 is 3.00 bits per heavy atom. The van der Waals surface area contributed by atoms with Gasteiger partial charge in [0.1, 0.15) is 5.01 Å². The summed E-state index contributed by atoms with van der Waals surface area (Å²) in [5, 5.41) is 16.2. The van der Waals surface area contributed by atoms with Crippen LogP contribution in [0.4, 0.5) is 5.13 Å². The van der Waals surface area contributed by atoms with Crippen LogP contribution in [-0.4, -0.2) is 47.7 Å². The summed E-state index contributed by atoms with van der Waals surface area (Å²) in [5.74, 6) is 0.127. The van der Waals surface area contributed by atoms with Crippen LogP contribution >= 0.6 is 11.3 Å². The van der Waals surface area contributed by atoms with Crippen molar-refractivity contribution in [2.24, 2.45) is 5.41 Å². The Hall–Kier alpha value is -1.21. The van der Waals surface area contributed by atoms with E-state index in [0.717, 1.165) is 49.2 Å². The highest BCUT2D eigenvalue weighted by molar-refractivity contribution is 7.15. The number of hydrogen-bond acceptors (Lipinski definition) is 6. The molecule has 0 spiro atoms. The minimum Gasteiger partial charge on any atom is -0.360 e. The highest BCUT2D eigenvalue weighted by Gasteiger charge is 2.39. The lowest BCUT2D eigenvalue weighted by Gasteiger charge is -2.22. The Labute approximate surface area is 124 Å². The molecule has 1 aliphatic rings. The molecule has 1 aromatic heterocycles. The van der Waals surface area contributed by atoms with Crippen LogP contribution in [0.25, 0.3) is 0 Å². The van der Waals surface area contributed by atoms with E-state index < -0.39 is 0 Å². The quantitative estimate of drug-likeness (QED) is 0.828. The van der Waals surface area contributed by atoms with E-state index in [9.17, 15) is 4.79 Å². The molecule has 0 radical (unpaired) electrons. The van der Waals surface area contributed by atoms with E-state index >= 15 is 0 Å². The number of anilines is 1. The van der Waals surface area contributed by atoms with E-state index in [1.807, 2.05) is 6.92 Å². The molecule has 1 unspecified atom stereocenters. The smallest absolute Gasteiger partial charge is 0.227 e. The number of nitrogens with one attached hydrogen (secondary N) is 2. The van der Waals surface area contributed by atoms with Crippen molar-refractivity contribution in [3.05, 3.63) is 5.01 Å². The maximum absolute atomic E-state index is 11.9. The molecule has 1 aliphatic heterocycles. The molecule has 1 saturated heterocycles. The van der Waals surface area contributed by atoms with Crippen LogP contribution in [-0.2, 0) is 11.3 Å². The molecule has 0 aromatic carbocycles. The highest BCUT2D eigenvalue weighted by Crippen LogP contribution is 2.31. The number of likely N-dealkylation sites (tertiary alicyclic amines) is 1. The predicted octanol–water partition coefficient (Wildman–Crippen LogP) is 1.32. The molecule has 1 atom stereocenters. The number of hydrogen-bond donors (Lipinski definition) is 2. The topological polar surface area (TPSA) is 70.2 Å². The number of aromatic nitrogens is 2. The molecule has 20 heavy (non-hydrogen) atoms. The second-order valence-electron chi connectivity index (χ2n) is 5.53. The molecule has 1 fully saturated rings. The van der Waals surface area contributed by atoms with Crippen LogP contribution in [0.2, 0.25) is 0 Å². The van der Waals surface area contributed by atoms with Gasteiger partial charge in [0.05, 0.1) is 12.0 Å². The summed E-state index contributed by atoms with van der Waals surface area (Å²) in [6, 6.07) is 0. The van der Waals surface area contributed by atoms with Gasteiger partial charge in [-0.15, -0.1) is 10.2 Å². The Kier molecular flexibility index (Phi) is 4.93. The van der Waals surface area contributed by atoms with Crippen molar-refractivity contribution in [1.82, 2.24) is 20.4 Å². The molecular formula is C13H23N5OS. The normalized spacial score (nSPS) is 22.9. The van der Waals surface area contributed by atoms with Crippen LogP contribution < -0.4 is 10.6 Å². The first-order valence-electron chi connectivity index (χ1n) is 7.08. The molecule has 6 nitrogen and oxygen atoms in total. The molecule has 7 heteroatoms. The largest absolute Gasteiger partial charge is 0.360 e. The van der Waals surface area contributed by atoms with Crippen molar-refractivity contribution in [2.45, 2.75) is 33.2 Å². The van der Waals surface area contributed by atoms with Crippen molar-refractivity contribution >= 4 is 22.4 Å². The van der Waals surface area contributed by atoms with Crippen molar-refractivity contribution in [1.29, 1.82) is 0 Å². The molecule has 2 N–H and O–H groups in total. The zero-order valence-electron chi connectivity index (χ0n) is 12.4. The Morgan fingerprint density at radius 2 is 2.30 bits per heavy atom. The first-order chi connectivity index (χ1) is 9.57. The number of carbonyl (C=O) groups excluding carboxylic acids is 1. The maximum atomic E-state index is 11.9. The average molecular weight is 297 g/mol. The van der Waals surface area contributed by atoms with Crippen LogP contribution in [0.5, 0.6) is 0 Å². The monoisotopic (exact) mass is 297 g/mol. The van der Waals surface area contributed by atoms with E-state index in [-0.39, 0.29) is 11.3 Å². The second-order valence-corrected chi connectivity index (χ2v) is 6.59. The zero-order valence-corrected chi connectivity index (χ0v) is 13.2. The molecular weight excluding hydrogens is 274 g/mol. The van der Waals surface area contributed by atoms with Crippen molar-refractivity contribution in [3.63, 3.8) is 0 Å². The summed E-state index contributed by atoms with van der Waals surface area (Å²) < 4.78 is 0. The number of nitrogens with zero attached hydrogens (tertiary/aromatic N) is 3. The predicted molar refractivity (Wildman–Crippen MR) is 80.8 cm³/mol. The fraction of sp³-hybridized carbons (Fsp3) is 0.769. The SMILES string of the molecule is CCCNc1nnc(CN2CCC(C)(C(=O)NC)C2)s1. The van der Waals surface area contributed by atoms with Gasteiger partial charge in [0.15, 0.2) is 0 Å². The summed E-state index contributed by atoms with van der Waals surface area (Å²) in [6.07, 6.45) is 1.97. The molecule has 0 bridgehead atoms. The van der Waals surface area contributed by atoms with Crippen molar-refractivity contribution in [2.75, 3.05) is 32.0 Å². The number of rotatable bonds is 6. The van der Waals surface area contributed by atoms with Crippen molar-refractivity contribution in [3.8, 4) is 0 Å². The van der Waals surface area contributed by atoms with E-state index in [4.69, 9.17) is 0 Å². The third-order valence-corrected chi connectivity index (χ3v) is 4.55. The fourth-order valence-corrected chi connectivity index (χ4v) is 3.30. The maximum Gasteiger partial charge on any atom is 0.227 e. The van der Waals surface area contributed by atoms with Crippen LogP contribution in [0.15, 0.2) is 0 Å². The number of amides is 1. The Balaban J connectivity index is 1.89. The van der Waals surface area contributed by atoms with Crippen LogP contribution in [0.3, 0.4) is 0 Å². The molecule has 1 amide bonds. The van der Waals surface area contributed by atoms with Gasteiger partial charge in [-0.05, 0) is 26.3 Å². The molecule has 2 heterocycles. The van der Waals surface area contributed by atoms with Gasteiger partial charge >= 0.3 is 0 Å². The second kappa shape index (κ2) is 6.49. The molecule has 0 saturated carbocycles.